The molecule has 2 aliphatic heterocycles. The lowest BCUT2D eigenvalue weighted by molar-refractivity contribution is -0.133. The van der Waals surface area contributed by atoms with Gasteiger partial charge >= 0.3 is 0 Å². The third-order valence-corrected chi connectivity index (χ3v) is 3.53. The van der Waals surface area contributed by atoms with Crippen LogP contribution in [0.5, 0.6) is 0 Å². The Kier molecular flexibility index (Phi) is 4.89. The summed E-state index contributed by atoms with van der Waals surface area (Å²) in [6.07, 6.45) is 0. The minimum atomic E-state index is -0.312. The molecule has 2 amide bonds. The van der Waals surface area contributed by atoms with Crippen LogP contribution in [0.2, 0.25) is 0 Å². The van der Waals surface area contributed by atoms with Crippen molar-refractivity contribution < 1.29 is 9.59 Å². The summed E-state index contributed by atoms with van der Waals surface area (Å²) in [5.41, 5.74) is 0. The van der Waals surface area contributed by atoms with Gasteiger partial charge in [0.05, 0.1) is 0 Å². The molecule has 92 valence electrons. The Morgan fingerprint density at radius 2 is 2.31 bits per heavy atom. The summed E-state index contributed by atoms with van der Waals surface area (Å²) < 4.78 is 0. The van der Waals surface area contributed by atoms with E-state index in [0.717, 1.165) is 19.6 Å². The number of halogens is 1. The van der Waals surface area contributed by atoms with Gasteiger partial charge in [0.2, 0.25) is 5.91 Å². The minimum Gasteiger partial charge on any atom is -0.338 e. The van der Waals surface area contributed by atoms with Crippen molar-refractivity contribution >= 4 is 35.3 Å². The summed E-state index contributed by atoms with van der Waals surface area (Å²) >= 11 is 1.19. The van der Waals surface area contributed by atoms with Crippen LogP contribution in [0.3, 0.4) is 0 Å². The average Bonchev–Trinajstić information content (AvgIpc) is 2.64. The Bertz CT molecular complexity index is 290. The summed E-state index contributed by atoms with van der Waals surface area (Å²) in [4.78, 5) is 24.8. The second kappa shape index (κ2) is 5.75. The van der Waals surface area contributed by atoms with E-state index in [4.69, 9.17) is 0 Å². The molecule has 0 saturated carbocycles. The molecule has 2 heterocycles. The molecule has 7 heteroatoms. The molecule has 2 saturated heterocycles. The molecular formula is C9H16ClN3O2S. The maximum atomic E-state index is 12.0. The number of hydrogen-bond donors (Lipinski definition) is 2. The normalized spacial score (nSPS) is 29.6. The van der Waals surface area contributed by atoms with Crippen molar-refractivity contribution in [2.24, 2.45) is 0 Å². The van der Waals surface area contributed by atoms with Gasteiger partial charge in [-0.05, 0) is 6.92 Å². The highest BCUT2D eigenvalue weighted by Gasteiger charge is 2.32. The van der Waals surface area contributed by atoms with E-state index in [-0.39, 0.29) is 29.6 Å². The van der Waals surface area contributed by atoms with E-state index in [0.29, 0.717) is 11.8 Å². The lowest BCUT2D eigenvalue weighted by atomic mass is 10.2. The van der Waals surface area contributed by atoms with E-state index in [2.05, 4.69) is 17.6 Å². The molecule has 0 radical (unpaired) electrons. The smallest absolute Gasteiger partial charge is 0.279 e. The zero-order chi connectivity index (χ0) is 10.8. The summed E-state index contributed by atoms with van der Waals surface area (Å²) in [5, 5.41) is 5.87. The Hall–Kier alpha value is -0.460. The predicted octanol–water partition coefficient (Wildman–Crippen LogP) is 0.0535. The molecule has 5 nitrogen and oxygen atoms in total. The van der Waals surface area contributed by atoms with Crippen LogP contribution in [-0.4, -0.2) is 53.5 Å². The largest absolute Gasteiger partial charge is 0.338 e. The second-order valence-corrected chi connectivity index (χ2v) is 4.93. The molecule has 0 spiro atoms. The molecule has 0 aromatic rings. The first-order chi connectivity index (χ1) is 7.16. The van der Waals surface area contributed by atoms with Crippen LogP contribution in [0.25, 0.3) is 0 Å². The number of carbonyl (C=O) groups is 2. The van der Waals surface area contributed by atoms with Gasteiger partial charge in [-0.25, -0.2) is 0 Å². The van der Waals surface area contributed by atoms with Crippen LogP contribution in [-0.2, 0) is 4.79 Å². The third-order valence-electron chi connectivity index (χ3n) is 2.65. The highest BCUT2D eigenvalue weighted by Crippen LogP contribution is 2.15. The van der Waals surface area contributed by atoms with Gasteiger partial charge in [0.15, 0.2) is 0 Å². The van der Waals surface area contributed by atoms with Gasteiger partial charge in [-0.3, -0.25) is 9.59 Å². The van der Waals surface area contributed by atoms with E-state index < -0.39 is 0 Å². The van der Waals surface area contributed by atoms with Crippen LogP contribution in [0.1, 0.15) is 6.92 Å². The van der Waals surface area contributed by atoms with Gasteiger partial charge in [-0.15, -0.1) is 12.4 Å². The van der Waals surface area contributed by atoms with Crippen LogP contribution in [0.4, 0.5) is 4.79 Å². The van der Waals surface area contributed by atoms with Crippen molar-refractivity contribution in [3.05, 3.63) is 0 Å². The molecule has 2 N–H and O–H groups in total. The Labute approximate surface area is 105 Å². The van der Waals surface area contributed by atoms with Gasteiger partial charge in [0.1, 0.15) is 6.04 Å². The highest BCUT2D eigenvalue weighted by molar-refractivity contribution is 8.14. The molecular weight excluding hydrogens is 250 g/mol. The van der Waals surface area contributed by atoms with E-state index in [1.807, 2.05) is 4.90 Å². The van der Waals surface area contributed by atoms with Gasteiger partial charge < -0.3 is 15.5 Å². The molecule has 0 aromatic carbocycles. The summed E-state index contributed by atoms with van der Waals surface area (Å²) in [5.74, 6) is 0.623. The average molecular weight is 266 g/mol. The maximum absolute atomic E-state index is 12.0. The second-order valence-electron chi connectivity index (χ2n) is 3.93. The number of piperazine rings is 1. The van der Waals surface area contributed by atoms with Crippen molar-refractivity contribution in [2.45, 2.75) is 19.0 Å². The number of amides is 2. The summed E-state index contributed by atoms with van der Waals surface area (Å²) in [6.45, 7) is 4.36. The lowest BCUT2D eigenvalue weighted by Crippen LogP contribution is -2.55. The minimum absolute atomic E-state index is 0. The molecule has 0 aromatic heterocycles. The SMILES string of the molecule is C[C@@H]1CN(C(=O)[C@@H]2CSC(=O)N2)CCN1.Cl. The zero-order valence-electron chi connectivity index (χ0n) is 9.06. The highest BCUT2D eigenvalue weighted by atomic mass is 35.5. The predicted molar refractivity (Wildman–Crippen MR) is 66.1 cm³/mol. The van der Waals surface area contributed by atoms with Gasteiger partial charge in [0, 0.05) is 31.4 Å². The first kappa shape index (κ1) is 13.6. The standard InChI is InChI=1S/C9H15N3O2S.ClH/c1-6-4-12(3-2-10-6)8(13)7-5-15-9(14)11-7;/h6-7,10H,2-5H2,1H3,(H,11,14);1H/t6-,7+;/m1./s1. The fraction of sp³-hybridized carbons (Fsp3) is 0.778. The number of carbonyl (C=O) groups excluding carboxylic acids is 2. The molecule has 2 aliphatic rings. The fourth-order valence-electron chi connectivity index (χ4n) is 1.87. The Balaban J connectivity index is 0.00000128. The van der Waals surface area contributed by atoms with E-state index in [9.17, 15) is 9.59 Å². The van der Waals surface area contributed by atoms with Crippen molar-refractivity contribution in [2.75, 3.05) is 25.4 Å². The van der Waals surface area contributed by atoms with Gasteiger partial charge in [-0.1, -0.05) is 11.8 Å². The van der Waals surface area contributed by atoms with Crippen molar-refractivity contribution in [1.82, 2.24) is 15.5 Å². The quantitative estimate of drug-likeness (QED) is 0.704. The number of hydrogen-bond acceptors (Lipinski definition) is 4. The monoisotopic (exact) mass is 265 g/mol. The van der Waals surface area contributed by atoms with E-state index in [1.165, 1.54) is 11.8 Å². The molecule has 2 atom stereocenters. The van der Waals surface area contributed by atoms with Crippen molar-refractivity contribution in [3.63, 3.8) is 0 Å². The number of nitrogens with zero attached hydrogens (tertiary/aromatic N) is 1. The third kappa shape index (κ3) is 3.02. The fourth-order valence-corrected chi connectivity index (χ4v) is 2.64. The van der Waals surface area contributed by atoms with Crippen molar-refractivity contribution in [3.8, 4) is 0 Å². The van der Waals surface area contributed by atoms with Gasteiger partial charge in [-0.2, -0.15) is 0 Å². The Morgan fingerprint density at radius 1 is 1.56 bits per heavy atom. The number of nitrogens with one attached hydrogen (secondary N) is 2. The molecule has 0 unspecified atom stereocenters. The summed E-state index contributed by atoms with van der Waals surface area (Å²) in [7, 11) is 0. The van der Waals surface area contributed by atoms with Gasteiger partial charge in [0.25, 0.3) is 5.24 Å². The molecule has 2 fully saturated rings. The number of rotatable bonds is 1. The van der Waals surface area contributed by atoms with Crippen LogP contribution < -0.4 is 10.6 Å². The first-order valence-electron chi connectivity index (χ1n) is 5.12. The molecule has 16 heavy (non-hydrogen) atoms. The molecule has 0 aliphatic carbocycles. The van der Waals surface area contributed by atoms with Crippen molar-refractivity contribution in [1.29, 1.82) is 0 Å². The van der Waals surface area contributed by atoms with Crippen LogP contribution in [0, 0.1) is 0 Å². The van der Waals surface area contributed by atoms with Crippen LogP contribution in [0.15, 0.2) is 0 Å². The zero-order valence-corrected chi connectivity index (χ0v) is 10.7. The maximum Gasteiger partial charge on any atom is 0.279 e. The molecule has 0 bridgehead atoms. The first-order valence-corrected chi connectivity index (χ1v) is 6.11. The topological polar surface area (TPSA) is 61.4 Å². The molecule has 2 rings (SSSR count). The van der Waals surface area contributed by atoms with E-state index in [1.54, 1.807) is 0 Å². The number of thioether (sulfide) groups is 1. The lowest BCUT2D eigenvalue weighted by Gasteiger charge is -2.33. The Morgan fingerprint density at radius 3 is 2.88 bits per heavy atom. The summed E-state index contributed by atoms with van der Waals surface area (Å²) in [6, 6.07) is 0.0280. The van der Waals surface area contributed by atoms with Crippen LogP contribution >= 0.6 is 24.2 Å². The van der Waals surface area contributed by atoms with E-state index >= 15 is 0 Å².